The van der Waals surface area contributed by atoms with Crippen molar-refractivity contribution < 1.29 is 90.8 Å². The fourth-order valence-corrected chi connectivity index (χ4v) is 16.9. The third kappa shape index (κ3) is 2.22. The highest BCUT2D eigenvalue weighted by atomic mass is 19.4. The Bertz CT molecular complexity index is 1610. The first kappa shape index (κ1) is 28.8. The molecule has 260 valence electrons. The van der Waals surface area contributed by atoms with E-state index in [-0.39, 0.29) is 0 Å². The van der Waals surface area contributed by atoms with Gasteiger partial charge in [0.05, 0.1) is 0 Å². The molecule has 0 N–H and O–H groups in total. The van der Waals surface area contributed by atoms with Crippen molar-refractivity contribution in [2.45, 2.75) is 47.1 Å². The molecule has 48 heavy (non-hydrogen) atoms. The maximum atomic E-state index is 13.9. The van der Waals surface area contributed by atoms with Crippen molar-refractivity contribution in [3.05, 3.63) is 0 Å². The number of rotatable bonds is 4. The van der Waals surface area contributed by atoms with Gasteiger partial charge in [0.1, 0.15) is 22.4 Å². The van der Waals surface area contributed by atoms with Crippen molar-refractivity contribution >= 4 is 23.9 Å². The molecule has 12 aliphatic rings. The van der Waals surface area contributed by atoms with E-state index in [0.717, 1.165) is 0 Å². The molecule has 0 aromatic carbocycles. The van der Waals surface area contributed by atoms with Crippen molar-refractivity contribution in [1.82, 2.24) is 0 Å². The molecule has 0 bridgehead atoms. The Morgan fingerprint density at radius 3 is 0.729 bits per heavy atom. The molecule has 0 heterocycles. The number of carbonyl (C=O) groups is 4. The van der Waals surface area contributed by atoms with E-state index in [1.54, 1.807) is 0 Å². The molecule has 20 unspecified atom stereocenters. The standard InChI is InChI=1S/C28H16F12O8/c29-25(30,31)17(41)45-21-7-1-2-4-10(7)24(48-20(44)28(38,39)40)14-6-5(15(21)24)13-11(21)3(1)9-8(2)22(12(4)14,46-18(42)26(32,33)34)16(6)23(9,13)47-19(43)27(35,36)37/h1-16H. The SMILES string of the molecule is O=C(OC12C3C4C5C6C7C8C9C(C%10C1C4C1C5C7(OC(=O)C(F)(F)F)C9C1%10OC(=O)C(F)(F)F)C2C8(OC(=O)C(F)(F)F)C63)C(F)(F)F. The van der Waals surface area contributed by atoms with Crippen LogP contribution in [0.5, 0.6) is 0 Å². The van der Waals surface area contributed by atoms with Crippen LogP contribution < -0.4 is 0 Å². The number of halogens is 12. The summed E-state index contributed by atoms with van der Waals surface area (Å²) >= 11 is 0. The minimum Gasteiger partial charge on any atom is -0.451 e. The second kappa shape index (κ2) is 6.86. The van der Waals surface area contributed by atoms with E-state index in [4.69, 9.17) is 18.9 Å². The molecule has 12 aliphatic carbocycles. The largest absolute Gasteiger partial charge is 0.490 e. The molecule has 0 spiro atoms. The second-order valence-electron chi connectivity index (χ2n) is 15.6. The molecule has 0 amide bonds. The third-order valence-corrected chi connectivity index (χ3v) is 15.5. The van der Waals surface area contributed by atoms with Crippen LogP contribution in [0.2, 0.25) is 0 Å². The normalized spacial score (nSPS) is 59.1. The molecule has 0 radical (unpaired) electrons. The van der Waals surface area contributed by atoms with Crippen molar-refractivity contribution in [3.8, 4) is 0 Å². The van der Waals surface area contributed by atoms with E-state index in [1.807, 2.05) is 0 Å². The van der Waals surface area contributed by atoms with Gasteiger partial charge in [0.25, 0.3) is 0 Å². The van der Waals surface area contributed by atoms with E-state index in [9.17, 15) is 71.9 Å². The summed E-state index contributed by atoms with van der Waals surface area (Å²) in [6.45, 7) is 0. The van der Waals surface area contributed by atoms with Crippen LogP contribution in [-0.2, 0) is 38.1 Å². The topological polar surface area (TPSA) is 105 Å². The highest BCUT2D eigenvalue weighted by molar-refractivity contribution is 5.81. The van der Waals surface area contributed by atoms with E-state index in [2.05, 4.69) is 0 Å². The Morgan fingerprint density at radius 1 is 0.333 bits per heavy atom. The molecule has 0 aliphatic heterocycles. The fraction of sp³-hybridized carbons (Fsp3) is 0.857. The van der Waals surface area contributed by atoms with Gasteiger partial charge in [0.2, 0.25) is 0 Å². The van der Waals surface area contributed by atoms with Gasteiger partial charge in [-0.1, -0.05) is 0 Å². The smallest absolute Gasteiger partial charge is 0.451 e. The van der Waals surface area contributed by atoms with Gasteiger partial charge in [-0.05, 0) is 35.5 Å². The lowest BCUT2D eigenvalue weighted by molar-refractivity contribution is -0.240. The summed E-state index contributed by atoms with van der Waals surface area (Å²) in [4.78, 5) is 50.6. The summed E-state index contributed by atoms with van der Waals surface area (Å²) in [5.41, 5.74) is -9.23. The summed E-state index contributed by atoms with van der Waals surface area (Å²) in [7, 11) is 0. The Labute approximate surface area is 257 Å². The predicted octanol–water partition coefficient (Wildman–Crippen LogP) is 3.37. The number of alkyl halides is 12. The van der Waals surface area contributed by atoms with Crippen LogP contribution in [0.4, 0.5) is 52.7 Å². The molecule has 0 saturated heterocycles. The van der Waals surface area contributed by atoms with E-state index >= 15 is 0 Å². The van der Waals surface area contributed by atoms with Crippen molar-refractivity contribution in [2.24, 2.45) is 94.7 Å². The number of hydrogen-bond donors (Lipinski definition) is 0. The van der Waals surface area contributed by atoms with Gasteiger partial charge in [0, 0.05) is 59.2 Å². The van der Waals surface area contributed by atoms with E-state index < -0.39 is 166 Å². The summed E-state index contributed by atoms with van der Waals surface area (Å²) in [6.07, 6.45) is -22.5. The molecular weight excluding hydrogens is 692 g/mol. The fourth-order valence-electron chi connectivity index (χ4n) is 16.9. The second-order valence-corrected chi connectivity index (χ2v) is 15.6. The molecule has 12 saturated carbocycles. The highest BCUT2D eigenvalue weighted by Gasteiger charge is 3.13. The van der Waals surface area contributed by atoms with Crippen LogP contribution in [0.15, 0.2) is 0 Å². The predicted molar refractivity (Wildman–Crippen MR) is 115 cm³/mol. The molecule has 20 atom stereocenters. The Kier molecular flexibility index (Phi) is 4.12. The molecule has 0 aromatic rings. The van der Waals surface area contributed by atoms with Crippen LogP contribution in [0, 0.1) is 94.7 Å². The minimum atomic E-state index is -5.65. The summed E-state index contributed by atoms with van der Waals surface area (Å²) in [5.74, 6) is -30.8. The first-order chi connectivity index (χ1) is 22.0. The van der Waals surface area contributed by atoms with Crippen LogP contribution in [-0.4, -0.2) is 71.0 Å². The average molecular weight is 708 g/mol. The van der Waals surface area contributed by atoms with E-state index in [1.165, 1.54) is 0 Å². The van der Waals surface area contributed by atoms with Crippen molar-refractivity contribution in [3.63, 3.8) is 0 Å². The number of carbonyl (C=O) groups excluding carboxylic acids is 4. The van der Waals surface area contributed by atoms with Crippen molar-refractivity contribution in [1.29, 1.82) is 0 Å². The summed E-state index contributed by atoms with van der Waals surface area (Å²) in [5, 5.41) is 0. The summed E-state index contributed by atoms with van der Waals surface area (Å²) < 4.78 is 188. The van der Waals surface area contributed by atoms with E-state index in [0.29, 0.717) is 0 Å². The van der Waals surface area contributed by atoms with Gasteiger partial charge in [-0.15, -0.1) is 0 Å². The lowest BCUT2D eigenvalue weighted by atomic mass is 9.71. The Balaban J connectivity index is 1.20. The van der Waals surface area contributed by atoms with Crippen LogP contribution in [0.25, 0.3) is 0 Å². The van der Waals surface area contributed by atoms with Gasteiger partial charge in [-0.2, -0.15) is 52.7 Å². The maximum Gasteiger partial charge on any atom is 0.490 e. The highest BCUT2D eigenvalue weighted by Crippen LogP contribution is 3.06. The molecule has 12 fully saturated rings. The summed E-state index contributed by atoms with van der Waals surface area (Å²) in [6, 6.07) is 0. The van der Waals surface area contributed by atoms with Gasteiger partial charge in [-0.3, -0.25) is 0 Å². The zero-order valence-corrected chi connectivity index (χ0v) is 23.0. The quantitative estimate of drug-likeness (QED) is 0.249. The van der Waals surface area contributed by atoms with Crippen LogP contribution >= 0.6 is 0 Å². The van der Waals surface area contributed by atoms with Crippen LogP contribution in [0.3, 0.4) is 0 Å². The van der Waals surface area contributed by atoms with Crippen LogP contribution in [0.1, 0.15) is 0 Å². The number of hydrogen-bond acceptors (Lipinski definition) is 8. The monoisotopic (exact) mass is 708 g/mol. The average Bonchev–Trinajstić information content (AvgIpc) is 3.74. The molecular formula is C28H16F12O8. The van der Waals surface area contributed by atoms with Gasteiger partial charge < -0.3 is 18.9 Å². The lowest BCUT2D eigenvalue weighted by Gasteiger charge is -2.44. The Hall–Kier alpha value is -2.96. The molecule has 8 nitrogen and oxygen atoms in total. The Morgan fingerprint density at radius 2 is 0.521 bits per heavy atom. The lowest BCUT2D eigenvalue weighted by Crippen LogP contribution is -2.56. The number of esters is 4. The minimum absolute atomic E-state index is 0.921. The van der Waals surface area contributed by atoms with Gasteiger partial charge >= 0.3 is 48.6 Å². The first-order valence-electron chi connectivity index (χ1n) is 15.2. The molecule has 20 heteroatoms. The molecule has 0 aromatic heterocycles. The van der Waals surface area contributed by atoms with Gasteiger partial charge in [0.15, 0.2) is 0 Å². The zero-order valence-electron chi connectivity index (χ0n) is 23.0. The zero-order chi connectivity index (χ0) is 34.4. The maximum absolute atomic E-state index is 13.9. The third-order valence-electron chi connectivity index (χ3n) is 15.5. The molecule has 12 rings (SSSR count). The first-order valence-corrected chi connectivity index (χ1v) is 15.2. The number of ether oxygens (including phenoxy) is 4. The van der Waals surface area contributed by atoms with Crippen molar-refractivity contribution in [2.75, 3.05) is 0 Å². The van der Waals surface area contributed by atoms with Gasteiger partial charge in [-0.25, -0.2) is 19.2 Å².